The van der Waals surface area contributed by atoms with Crippen LogP contribution >= 0.6 is 23.2 Å². The highest BCUT2D eigenvalue weighted by atomic mass is 35.5. The summed E-state index contributed by atoms with van der Waals surface area (Å²) in [5, 5.41) is 10.8. The number of aromatic nitrogens is 1. The van der Waals surface area contributed by atoms with Crippen molar-refractivity contribution in [2.45, 2.75) is 0 Å². The van der Waals surface area contributed by atoms with E-state index in [0.717, 1.165) is 0 Å². The van der Waals surface area contributed by atoms with E-state index in [1.807, 2.05) is 12.1 Å². The van der Waals surface area contributed by atoms with Gasteiger partial charge in [0.2, 0.25) is 0 Å². The first-order chi connectivity index (χ1) is 12.6. The predicted octanol–water partition coefficient (Wildman–Crippen LogP) is 5.77. The van der Waals surface area contributed by atoms with Crippen molar-refractivity contribution in [3.63, 3.8) is 0 Å². The Hall–Kier alpha value is -3.00. The fourth-order valence-corrected chi connectivity index (χ4v) is 3.24. The lowest BCUT2D eigenvalue weighted by atomic mass is 10.2. The molecule has 0 amide bonds. The number of fused-ring (bicyclic) bond motifs is 1. The van der Waals surface area contributed by atoms with Crippen molar-refractivity contribution in [3.8, 4) is 17.4 Å². The molecule has 2 aromatic heterocycles. The van der Waals surface area contributed by atoms with Crippen LogP contribution in [0.25, 0.3) is 22.2 Å². The number of furan rings is 1. The Morgan fingerprint density at radius 1 is 1.04 bits per heavy atom. The van der Waals surface area contributed by atoms with Gasteiger partial charge >= 0.3 is 0 Å². The van der Waals surface area contributed by atoms with Gasteiger partial charge in [0.05, 0.1) is 21.1 Å². The maximum Gasteiger partial charge on any atom is 0.298 e. The first-order valence-electron chi connectivity index (χ1n) is 7.69. The minimum atomic E-state index is -0.368. The third-order valence-electron chi connectivity index (χ3n) is 4.09. The van der Waals surface area contributed by atoms with Gasteiger partial charge in [-0.05, 0) is 30.3 Å². The van der Waals surface area contributed by atoms with E-state index in [1.165, 1.54) is 10.8 Å². The molecule has 26 heavy (non-hydrogen) atoms. The maximum absolute atomic E-state index is 12.9. The van der Waals surface area contributed by atoms with Gasteiger partial charge < -0.3 is 4.42 Å². The van der Waals surface area contributed by atoms with Gasteiger partial charge in [0.1, 0.15) is 11.8 Å². The summed E-state index contributed by atoms with van der Waals surface area (Å²) in [6.45, 7) is 0. The number of nitrogens with zero attached hydrogens (tertiary/aromatic N) is 2. The summed E-state index contributed by atoms with van der Waals surface area (Å²) >= 11 is 12.3. The quantitative estimate of drug-likeness (QED) is 0.443. The maximum atomic E-state index is 12.9. The van der Waals surface area contributed by atoms with Crippen molar-refractivity contribution in [3.05, 3.63) is 82.2 Å². The Bertz CT molecular complexity index is 1200. The molecule has 4 rings (SSSR count). The van der Waals surface area contributed by atoms with Crippen molar-refractivity contribution in [1.29, 1.82) is 5.26 Å². The van der Waals surface area contributed by atoms with Crippen LogP contribution in [0.5, 0.6) is 0 Å². The monoisotopic (exact) mass is 380 g/mol. The van der Waals surface area contributed by atoms with E-state index >= 15 is 0 Å². The zero-order valence-electron chi connectivity index (χ0n) is 13.2. The van der Waals surface area contributed by atoms with Gasteiger partial charge in [-0.15, -0.1) is 0 Å². The average Bonchev–Trinajstić information content (AvgIpc) is 3.28. The minimum absolute atomic E-state index is 0.140. The number of para-hydroxylation sites is 1. The molecule has 2 heterocycles. The molecule has 4 aromatic rings. The van der Waals surface area contributed by atoms with Crippen molar-refractivity contribution < 1.29 is 9.21 Å². The van der Waals surface area contributed by atoms with E-state index in [2.05, 4.69) is 6.07 Å². The van der Waals surface area contributed by atoms with Crippen LogP contribution in [0.4, 0.5) is 0 Å². The molecule has 0 aliphatic carbocycles. The van der Waals surface area contributed by atoms with Crippen LogP contribution < -0.4 is 0 Å². The first-order valence-corrected chi connectivity index (χ1v) is 8.45. The van der Waals surface area contributed by atoms with E-state index in [0.29, 0.717) is 37.8 Å². The molecule has 0 N–H and O–H groups in total. The van der Waals surface area contributed by atoms with Crippen LogP contribution in [0.1, 0.15) is 16.1 Å². The van der Waals surface area contributed by atoms with Crippen LogP contribution in [0.15, 0.2) is 65.2 Å². The van der Waals surface area contributed by atoms with Crippen molar-refractivity contribution >= 4 is 40.0 Å². The van der Waals surface area contributed by atoms with E-state index in [-0.39, 0.29) is 11.7 Å². The number of hydrogen-bond donors (Lipinski definition) is 0. The summed E-state index contributed by atoms with van der Waals surface area (Å²) in [5.74, 6) is 0.214. The highest BCUT2D eigenvalue weighted by Gasteiger charge is 2.19. The zero-order valence-corrected chi connectivity index (χ0v) is 14.8. The number of hydrogen-bond acceptors (Lipinski definition) is 3. The summed E-state index contributed by atoms with van der Waals surface area (Å²) in [5.41, 5.74) is 1.68. The van der Waals surface area contributed by atoms with Crippen molar-refractivity contribution in [1.82, 2.24) is 4.57 Å². The van der Waals surface area contributed by atoms with Gasteiger partial charge in [-0.3, -0.25) is 9.36 Å². The lowest BCUT2D eigenvalue weighted by Gasteiger charge is -2.03. The van der Waals surface area contributed by atoms with Gasteiger partial charge in [-0.1, -0.05) is 47.5 Å². The summed E-state index contributed by atoms with van der Waals surface area (Å²) in [6.07, 6.45) is 1.52. The topological polar surface area (TPSA) is 58.9 Å². The molecule has 0 aliphatic rings. The van der Waals surface area contributed by atoms with Crippen molar-refractivity contribution in [2.75, 3.05) is 0 Å². The van der Waals surface area contributed by atoms with E-state index in [9.17, 15) is 10.1 Å². The fourth-order valence-electron chi connectivity index (χ4n) is 2.85. The van der Waals surface area contributed by atoms with Gasteiger partial charge in [-0.25, -0.2) is 0 Å². The van der Waals surface area contributed by atoms with Crippen LogP contribution in [-0.2, 0) is 0 Å². The molecule has 0 radical (unpaired) electrons. The highest BCUT2D eigenvalue weighted by Crippen LogP contribution is 2.34. The second-order valence-electron chi connectivity index (χ2n) is 5.61. The molecule has 126 valence electrons. The largest absolute Gasteiger partial charge is 0.451 e. The minimum Gasteiger partial charge on any atom is -0.451 e. The first kappa shape index (κ1) is 16.5. The molecule has 0 aliphatic heterocycles. The molecule has 0 unspecified atom stereocenters. The highest BCUT2D eigenvalue weighted by molar-refractivity contribution is 6.43. The van der Waals surface area contributed by atoms with Gasteiger partial charge in [0, 0.05) is 17.1 Å². The third kappa shape index (κ3) is 2.59. The second kappa shape index (κ2) is 6.38. The molecule has 2 aromatic carbocycles. The average molecular weight is 381 g/mol. The lowest BCUT2D eigenvalue weighted by Crippen LogP contribution is -2.09. The predicted molar refractivity (Wildman–Crippen MR) is 101 cm³/mol. The number of carbonyl (C=O) groups excluding carboxylic acids is 1. The lowest BCUT2D eigenvalue weighted by molar-refractivity contribution is 0.0938. The third-order valence-corrected chi connectivity index (χ3v) is 4.90. The molecular formula is C20H10Cl2N2O2. The zero-order chi connectivity index (χ0) is 18.3. The molecule has 0 spiro atoms. The molecule has 0 bridgehead atoms. The fraction of sp³-hybridized carbons (Fsp3) is 0. The van der Waals surface area contributed by atoms with Gasteiger partial charge in [-0.2, -0.15) is 5.26 Å². The van der Waals surface area contributed by atoms with Crippen molar-refractivity contribution in [2.24, 2.45) is 0 Å². The standard InChI is InChI=1S/C20H10Cl2N2O2/c21-15-6-3-5-14(19(15)22)17-8-9-18(26-17)20(25)24-11-12(10-23)13-4-1-2-7-16(13)24/h1-9,11H. The summed E-state index contributed by atoms with van der Waals surface area (Å²) in [6, 6.07) is 17.8. The molecule has 0 atom stereocenters. The van der Waals surface area contributed by atoms with Gasteiger partial charge in [0.25, 0.3) is 5.91 Å². The van der Waals surface area contributed by atoms with E-state index in [4.69, 9.17) is 27.6 Å². The van der Waals surface area contributed by atoms with Crippen LogP contribution in [0.3, 0.4) is 0 Å². The Morgan fingerprint density at radius 3 is 2.65 bits per heavy atom. The molecule has 6 heteroatoms. The summed E-state index contributed by atoms with van der Waals surface area (Å²) in [7, 11) is 0. The number of carbonyl (C=O) groups is 1. The Balaban J connectivity index is 1.79. The number of nitriles is 1. The van der Waals surface area contributed by atoms with Crippen LogP contribution in [0, 0.1) is 11.3 Å². The molecule has 0 saturated heterocycles. The normalized spacial score (nSPS) is 10.8. The molecule has 0 fully saturated rings. The number of benzene rings is 2. The number of rotatable bonds is 2. The Kier molecular flexibility index (Phi) is 4.04. The summed E-state index contributed by atoms with van der Waals surface area (Å²) in [4.78, 5) is 12.9. The van der Waals surface area contributed by atoms with E-state index < -0.39 is 0 Å². The molecule has 0 saturated carbocycles. The number of halogens is 2. The summed E-state index contributed by atoms with van der Waals surface area (Å²) < 4.78 is 7.13. The van der Waals surface area contributed by atoms with Crippen LogP contribution in [0.2, 0.25) is 10.0 Å². The van der Waals surface area contributed by atoms with Gasteiger partial charge in [0.15, 0.2) is 5.76 Å². The smallest absolute Gasteiger partial charge is 0.298 e. The van der Waals surface area contributed by atoms with E-state index in [1.54, 1.807) is 42.5 Å². The second-order valence-corrected chi connectivity index (χ2v) is 6.40. The Morgan fingerprint density at radius 2 is 1.85 bits per heavy atom. The molecular weight excluding hydrogens is 371 g/mol. The molecule has 4 nitrogen and oxygen atoms in total. The Labute approximate surface area is 158 Å². The van der Waals surface area contributed by atoms with Crippen LogP contribution in [-0.4, -0.2) is 10.5 Å². The SMILES string of the molecule is N#Cc1cn(C(=O)c2ccc(-c3cccc(Cl)c3Cl)o2)c2ccccc12.